The highest BCUT2D eigenvalue weighted by molar-refractivity contribution is 7.47. The minimum atomic E-state index is -5.64. The van der Waals surface area contributed by atoms with Gasteiger partial charge >= 0.3 is 19.8 Å². The van der Waals surface area contributed by atoms with Gasteiger partial charge in [0.15, 0.2) is 18.7 Å². The lowest BCUT2D eigenvalue weighted by Crippen LogP contribution is -2.69. The molecule has 1 saturated carbocycles. The number of esters is 2. The van der Waals surface area contributed by atoms with E-state index >= 15 is 0 Å². The maximum atomic E-state index is 14.0. The van der Waals surface area contributed by atoms with Crippen LogP contribution < -0.4 is 0 Å². The summed E-state index contributed by atoms with van der Waals surface area (Å²) in [6.07, 6.45) is 1.49. The molecule has 0 amide bonds. The van der Waals surface area contributed by atoms with E-state index in [2.05, 4.69) is 38.2 Å². The van der Waals surface area contributed by atoms with Crippen LogP contribution in [0.2, 0.25) is 0 Å². The second-order valence-electron chi connectivity index (χ2n) is 21.9. The Bertz CT molecular complexity index is 1710. The third-order valence-electron chi connectivity index (χ3n) is 15.0. The van der Waals surface area contributed by atoms with Gasteiger partial charge in [0.05, 0.1) is 19.8 Å². The average Bonchev–Trinajstić information content (AvgIpc) is 3.48. The number of aliphatic hydroxyl groups excluding tert-OH is 11. The fourth-order valence-corrected chi connectivity index (χ4v) is 10.9. The summed E-state index contributed by atoms with van der Waals surface area (Å²) in [5.74, 6) is -1.34. The number of aliphatic hydroxyl groups is 11. The first kappa shape index (κ1) is 73.2. The monoisotopic (exact) mass is 1190 g/mol. The molecule has 2 heterocycles. The van der Waals surface area contributed by atoms with E-state index in [9.17, 15) is 75.2 Å². The van der Waals surface area contributed by atoms with E-state index in [0.29, 0.717) is 12.8 Å². The van der Waals surface area contributed by atoms with E-state index in [1.165, 1.54) is 51.4 Å². The Hall–Kier alpha value is -2.07. The molecule has 12 N–H and O–H groups in total. The van der Waals surface area contributed by atoms with Crippen molar-refractivity contribution in [1.82, 2.24) is 0 Å². The van der Waals surface area contributed by atoms with E-state index < -0.39 is 150 Å². The second-order valence-corrected chi connectivity index (χ2v) is 23.3. The van der Waals surface area contributed by atoms with Crippen LogP contribution in [0.25, 0.3) is 0 Å². The average molecular weight is 1190 g/mol. The molecule has 0 aromatic carbocycles. The highest BCUT2D eigenvalue weighted by atomic mass is 31.2. The van der Waals surface area contributed by atoms with Crippen molar-refractivity contribution < 1.29 is 113 Å². The van der Waals surface area contributed by atoms with Crippen LogP contribution in [0.1, 0.15) is 194 Å². The number of phosphoric ester groups is 1. The minimum Gasteiger partial charge on any atom is -0.462 e. The zero-order valence-electron chi connectivity index (χ0n) is 48.1. The molecule has 0 aromatic rings. The molecule has 2 saturated heterocycles. The summed E-state index contributed by atoms with van der Waals surface area (Å²) in [6.45, 7) is 0.980. The summed E-state index contributed by atoms with van der Waals surface area (Å²) in [5.41, 5.74) is 0. The number of allylic oxidation sites excluding steroid dienone is 4. The summed E-state index contributed by atoms with van der Waals surface area (Å²) in [6, 6.07) is 0. The highest BCUT2D eigenvalue weighted by Gasteiger charge is 2.58. The maximum absolute atomic E-state index is 14.0. The van der Waals surface area contributed by atoms with Gasteiger partial charge in [-0.2, -0.15) is 0 Å². The fraction of sp³-hybridized carbons (Fsp3) is 0.895. The first-order chi connectivity index (χ1) is 38.9. The van der Waals surface area contributed by atoms with Crippen LogP contribution >= 0.6 is 7.82 Å². The predicted octanol–water partition coefficient (Wildman–Crippen LogP) is 4.49. The molecule has 0 aromatic heterocycles. The van der Waals surface area contributed by atoms with Crippen LogP contribution in [-0.4, -0.2) is 204 Å². The number of unbranched alkanes of at least 4 members (excludes halogenated alkanes) is 22. The summed E-state index contributed by atoms with van der Waals surface area (Å²) < 4.78 is 58.1. The number of rotatable bonds is 44. The van der Waals surface area contributed by atoms with Gasteiger partial charge in [-0.25, -0.2) is 4.57 Å². The first-order valence-electron chi connectivity index (χ1n) is 30.2. The standard InChI is InChI=1S/C57H103O23P/c1-3-5-7-9-11-13-15-17-19-21-23-25-27-29-31-33-42(60)73-37-39(75-43(61)34-32-30-28-26-24-22-20-18-16-14-12-10-8-6-4-2)38-74-81(71,72)80-55-53(78-56-51(69)46(64)44(62)40(35-58)76-56)49(67)48(66)50(68)54(55)79-57-52(70)47(65)45(63)41(36-59)77-57/h13-16,39-41,44-59,62-70H,3-12,17-38H2,1-2H3,(H,71,72)/b15-13-,16-14-. The van der Waals surface area contributed by atoms with Crippen molar-refractivity contribution in [2.75, 3.05) is 26.4 Å². The maximum Gasteiger partial charge on any atom is 0.472 e. The Labute approximate surface area is 479 Å². The molecular formula is C57H103O23P. The Kier molecular flexibility index (Phi) is 37.8. The topological polar surface area (TPSA) is 368 Å². The Morgan fingerprint density at radius 2 is 0.815 bits per heavy atom. The van der Waals surface area contributed by atoms with Crippen molar-refractivity contribution in [3.05, 3.63) is 24.3 Å². The molecule has 3 rings (SSSR count). The molecule has 81 heavy (non-hydrogen) atoms. The van der Waals surface area contributed by atoms with E-state index in [1.54, 1.807) is 0 Å². The van der Waals surface area contributed by atoms with Gasteiger partial charge in [0.2, 0.25) is 0 Å². The molecule has 0 bridgehead atoms. The van der Waals surface area contributed by atoms with Crippen LogP contribution in [-0.2, 0) is 51.6 Å². The first-order valence-corrected chi connectivity index (χ1v) is 31.7. The van der Waals surface area contributed by atoms with Crippen LogP contribution in [0.3, 0.4) is 0 Å². The van der Waals surface area contributed by atoms with Gasteiger partial charge in [-0.3, -0.25) is 18.6 Å². The normalized spacial score (nSPS) is 31.1. The van der Waals surface area contributed by atoms with E-state index in [-0.39, 0.29) is 12.8 Å². The third kappa shape index (κ3) is 27.5. The Morgan fingerprint density at radius 3 is 1.21 bits per heavy atom. The van der Waals surface area contributed by atoms with Gasteiger partial charge in [0.25, 0.3) is 0 Å². The molecule has 16 unspecified atom stereocenters. The van der Waals surface area contributed by atoms with Crippen LogP contribution in [0.4, 0.5) is 0 Å². The molecule has 474 valence electrons. The van der Waals surface area contributed by atoms with E-state index in [4.69, 9.17) is 37.5 Å². The van der Waals surface area contributed by atoms with Crippen molar-refractivity contribution in [2.45, 2.75) is 298 Å². The predicted molar refractivity (Wildman–Crippen MR) is 296 cm³/mol. The molecule has 1 aliphatic carbocycles. The van der Waals surface area contributed by atoms with E-state index in [1.807, 2.05) is 0 Å². The van der Waals surface area contributed by atoms with Gasteiger partial charge < -0.3 is 89.5 Å². The summed E-state index contributed by atoms with van der Waals surface area (Å²) in [4.78, 5) is 37.5. The van der Waals surface area contributed by atoms with Crippen LogP contribution in [0.5, 0.6) is 0 Å². The number of hydrogen-bond donors (Lipinski definition) is 12. The quantitative estimate of drug-likeness (QED) is 0.0173. The molecule has 3 aliphatic rings. The van der Waals surface area contributed by atoms with Crippen molar-refractivity contribution in [3.8, 4) is 0 Å². The summed E-state index contributed by atoms with van der Waals surface area (Å²) in [7, 11) is -5.64. The number of ether oxygens (including phenoxy) is 6. The molecule has 0 spiro atoms. The molecule has 24 heteroatoms. The molecule has 16 atom stereocenters. The molecule has 23 nitrogen and oxygen atoms in total. The van der Waals surface area contributed by atoms with Crippen LogP contribution in [0.15, 0.2) is 24.3 Å². The lowest BCUT2D eigenvalue weighted by Gasteiger charge is -2.49. The SMILES string of the molecule is CCCCCC/C=C\CCCCCCCCCC(=O)OCC(COP(=O)(O)OC1C(OC2OC(CO)C(O)C(O)C2O)C(O)C(O)C(O)C1OC1OC(CO)C(O)C(O)C1O)OC(=O)CCCCCCCCC/C=C\CCCCCC. The molecule has 3 fully saturated rings. The largest absolute Gasteiger partial charge is 0.472 e. The highest BCUT2D eigenvalue weighted by Crippen LogP contribution is 2.49. The van der Waals surface area contributed by atoms with Gasteiger partial charge in [-0.15, -0.1) is 0 Å². The minimum absolute atomic E-state index is 0.0370. The third-order valence-corrected chi connectivity index (χ3v) is 16.0. The van der Waals surface area contributed by atoms with E-state index in [0.717, 1.165) is 103 Å². The molecule has 2 aliphatic heterocycles. The van der Waals surface area contributed by atoms with Gasteiger partial charge in [0, 0.05) is 12.8 Å². The van der Waals surface area contributed by atoms with Gasteiger partial charge in [-0.1, -0.05) is 141 Å². The number of hydrogen-bond acceptors (Lipinski definition) is 22. The Morgan fingerprint density at radius 1 is 0.457 bits per heavy atom. The van der Waals surface area contributed by atoms with Crippen molar-refractivity contribution >= 4 is 19.8 Å². The smallest absolute Gasteiger partial charge is 0.462 e. The molecular weight excluding hydrogens is 1080 g/mol. The summed E-state index contributed by atoms with van der Waals surface area (Å²) >= 11 is 0. The second kappa shape index (κ2) is 41.9. The van der Waals surface area contributed by atoms with Crippen LogP contribution in [0, 0.1) is 0 Å². The number of carbonyl (C=O) groups is 2. The Balaban J connectivity index is 1.69. The molecule has 0 radical (unpaired) electrons. The van der Waals surface area contributed by atoms with Crippen molar-refractivity contribution in [2.24, 2.45) is 0 Å². The lowest BCUT2D eigenvalue weighted by molar-refractivity contribution is -0.360. The lowest BCUT2D eigenvalue weighted by atomic mass is 9.84. The summed E-state index contributed by atoms with van der Waals surface area (Å²) in [5, 5.41) is 117. The fourth-order valence-electron chi connectivity index (χ4n) is 9.93. The number of carbonyl (C=O) groups excluding carboxylic acids is 2. The number of phosphoric acid groups is 1. The van der Waals surface area contributed by atoms with Crippen molar-refractivity contribution in [3.63, 3.8) is 0 Å². The zero-order chi connectivity index (χ0) is 59.6. The van der Waals surface area contributed by atoms with Gasteiger partial charge in [-0.05, 0) is 64.2 Å². The van der Waals surface area contributed by atoms with Gasteiger partial charge in [0.1, 0.15) is 92.1 Å². The zero-order valence-corrected chi connectivity index (χ0v) is 49.0. The van der Waals surface area contributed by atoms with Crippen molar-refractivity contribution in [1.29, 1.82) is 0 Å².